The Morgan fingerprint density at radius 3 is 1.81 bits per heavy atom. The van der Waals surface area contributed by atoms with Gasteiger partial charge in [-0.3, -0.25) is 4.79 Å². The van der Waals surface area contributed by atoms with Crippen molar-refractivity contribution in [3.05, 3.63) is 34.5 Å². The summed E-state index contributed by atoms with van der Waals surface area (Å²) in [7, 11) is 5.53. The van der Waals surface area contributed by atoms with Crippen LogP contribution in [-0.2, 0) is 0 Å². The number of methoxy groups -OCH3 is 4. The first-order valence-electron chi connectivity index (χ1n) is 7.83. The molecule has 2 aromatic carbocycles. The summed E-state index contributed by atoms with van der Waals surface area (Å²) in [6.45, 7) is 0. The minimum Gasteiger partial charge on any atom is -0.508 e. The van der Waals surface area contributed by atoms with Gasteiger partial charge in [0.2, 0.25) is 28.4 Å². The molecule has 0 aliphatic carbocycles. The highest BCUT2D eigenvalue weighted by atomic mass is 16.5. The SMILES string of the molecule is COc1c(OC)c(OC)c2c(=O)c(O)c(-c3ccc(O)cc3)oc2c1OC. The van der Waals surface area contributed by atoms with Gasteiger partial charge in [-0.1, -0.05) is 0 Å². The zero-order valence-electron chi connectivity index (χ0n) is 15.2. The highest BCUT2D eigenvalue weighted by Crippen LogP contribution is 2.51. The van der Waals surface area contributed by atoms with Gasteiger partial charge in [-0.25, -0.2) is 0 Å². The second-order valence-electron chi connectivity index (χ2n) is 5.49. The number of benzene rings is 2. The summed E-state index contributed by atoms with van der Waals surface area (Å²) in [4.78, 5) is 12.9. The molecule has 27 heavy (non-hydrogen) atoms. The van der Waals surface area contributed by atoms with E-state index in [4.69, 9.17) is 23.4 Å². The van der Waals surface area contributed by atoms with E-state index in [0.29, 0.717) is 5.56 Å². The minimum absolute atomic E-state index is 0.0258. The summed E-state index contributed by atoms with van der Waals surface area (Å²) in [5, 5.41) is 19.9. The van der Waals surface area contributed by atoms with Gasteiger partial charge in [0.05, 0.1) is 28.4 Å². The van der Waals surface area contributed by atoms with Gasteiger partial charge in [-0.2, -0.15) is 0 Å². The van der Waals surface area contributed by atoms with Crippen LogP contribution < -0.4 is 24.4 Å². The highest BCUT2D eigenvalue weighted by molar-refractivity contribution is 5.96. The van der Waals surface area contributed by atoms with Crippen molar-refractivity contribution in [2.45, 2.75) is 0 Å². The summed E-state index contributed by atoms with van der Waals surface area (Å²) < 4.78 is 27.2. The van der Waals surface area contributed by atoms with E-state index in [1.54, 1.807) is 0 Å². The molecule has 2 N–H and O–H groups in total. The zero-order chi connectivity index (χ0) is 19.7. The van der Waals surface area contributed by atoms with Crippen LogP contribution >= 0.6 is 0 Å². The van der Waals surface area contributed by atoms with Gasteiger partial charge in [0.1, 0.15) is 11.1 Å². The maximum Gasteiger partial charge on any atom is 0.239 e. The normalized spacial score (nSPS) is 10.7. The van der Waals surface area contributed by atoms with E-state index in [1.807, 2.05) is 0 Å². The number of hydrogen-bond donors (Lipinski definition) is 2. The predicted molar refractivity (Wildman–Crippen MR) is 97.5 cm³/mol. The maximum atomic E-state index is 12.9. The van der Waals surface area contributed by atoms with Crippen LogP contribution in [0.15, 0.2) is 33.5 Å². The average Bonchev–Trinajstić information content (AvgIpc) is 2.69. The lowest BCUT2D eigenvalue weighted by Gasteiger charge is -2.18. The Balaban J connectivity index is 2.50. The summed E-state index contributed by atoms with van der Waals surface area (Å²) >= 11 is 0. The average molecular weight is 374 g/mol. The quantitative estimate of drug-likeness (QED) is 0.702. The van der Waals surface area contributed by atoms with E-state index in [9.17, 15) is 15.0 Å². The molecule has 0 aliphatic rings. The summed E-state index contributed by atoms with van der Waals surface area (Å²) in [6.07, 6.45) is 0. The van der Waals surface area contributed by atoms with Gasteiger partial charge < -0.3 is 33.6 Å². The van der Waals surface area contributed by atoms with Crippen molar-refractivity contribution < 1.29 is 33.6 Å². The van der Waals surface area contributed by atoms with E-state index < -0.39 is 11.2 Å². The van der Waals surface area contributed by atoms with Gasteiger partial charge >= 0.3 is 0 Å². The van der Waals surface area contributed by atoms with Gasteiger partial charge in [0.15, 0.2) is 17.1 Å². The second kappa shape index (κ2) is 6.99. The van der Waals surface area contributed by atoms with Crippen LogP contribution in [0.3, 0.4) is 0 Å². The molecule has 0 atom stereocenters. The lowest BCUT2D eigenvalue weighted by atomic mass is 10.1. The fourth-order valence-electron chi connectivity index (χ4n) is 2.87. The van der Waals surface area contributed by atoms with Crippen molar-refractivity contribution in [3.8, 4) is 45.8 Å². The molecule has 0 saturated carbocycles. The molecular weight excluding hydrogens is 356 g/mol. The lowest BCUT2D eigenvalue weighted by molar-refractivity contribution is 0.306. The van der Waals surface area contributed by atoms with E-state index in [2.05, 4.69) is 0 Å². The molecular formula is C19H18O8. The number of fused-ring (bicyclic) bond motifs is 1. The largest absolute Gasteiger partial charge is 0.508 e. The molecule has 0 unspecified atom stereocenters. The van der Waals surface area contributed by atoms with Crippen LogP contribution in [0.25, 0.3) is 22.3 Å². The predicted octanol–water partition coefficient (Wildman–Crippen LogP) is 2.91. The van der Waals surface area contributed by atoms with Gasteiger partial charge in [-0.05, 0) is 24.3 Å². The van der Waals surface area contributed by atoms with Crippen LogP contribution in [0, 0.1) is 0 Å². The first-order chi connectivity index (χ1) is 13.0. The molecule has 0 radical (unpaired) electrons. The third-order valence-corrected chi connectivity index (χ3v) is 4.09. The van der Waals surface area contributed by atoms with Crippen molar-refractivity contribution in [3.63, 3.8) is 0 Å². The summed E-state index contributed by atoms with van der Waals surface area (Å²) in [5.74, 6) is -0.190. The van der Waals surface area contributed by atoms with Crippen LogP contribution in [0.4, 0.5) is 0 Å². The first kappa shape index (κ1) is 18.2. The minimum atomic E-state index is -0.726. The van der Waals surface area contributed by atoms with Crippen molar-refractivity contribution in [2.75, 3.05) is 28.4 Å². The molecule has 0 spiro atoms. The monoisotopic (exact) mass is 374 g/mol. The number of rotatable bonds is 5. The maximum absolute atomic E-state index is 12.9. The molecule has 3 aromatic rings. The first-order valence-corrected chi connectivity index (χ1v) is 7.83. The van der Waals surface area contributed by atoms with Crippen molar-refractivity contribution in [1.29, 1.82) is 0 Å². The Kier molecular flexibility index (Phi) is 4.72. The lowest BCUT2D eigenvalue weighted by Crippen LogP contribution is -2.08. The third kappa shape index (κ3) is 2.75. The van der Waals surface area contributed by atoms with Gasteiger partial charge in [-0.15, -0.1) is 0 Å². The standard InChI is InChI=1S/C19H18O8/c1-23-15-11-12(21)13(22)14(9-5-7-10(20)8-6-9)27-16(11)18(25-3)19(26-4)17(15)24-2/h5-8,20,22H,1-4H3. The van der Waals surface area contributed by atoms with Crippen LogP contribution in [0.2, 0.25) is 0 Å². The molecule has 0 amide bonds. The zero-order valence-corrected chi connectivity index (χ0v) is 15.2. The fourth-order valence-corrected chi connectivity index (χ4v) is 2.87. The molecule has 8 heteroatoms. The van der Waals surface area contributed by atoms with Crippen LogP contribution in [0.1, 0.15) is 0 Å². The number of hydrogen-bond acceptors (Lipinski definition) is 8. The number of phenols is 1. The Morgan fingerprint density at radius 1 is 0.778 bits per heavy atom. The third-order valence-electron chi connectivity index (χ3n) is 4.09. The Bertz CT molecular complexity index is 1050. The fraction of sp³-hybridized carbons (Fsp3) is 0.211. The van der Waals surface area contributed by atoms with Crippen molar-refractivity contribution in [1.82, 2.24) is 0 Å². The summed E-state index contributed by atoms with van der Waals surface area (Å²) in [5.41, 5.74) is -0.312. The van der Waals surface area contributed by atoms with E-state index in [0.717, 1.165) is 0 Å². The van der Waals surface area contributed by atoms with E-state index >= 15 is 0 Å². The second-order valence-corrected chi connectivity index (χ2v) is 5.49. The summed E-state index contributed by atoms with van der Waals surface area (Å²) in [6, 6.07) is 5.82. The smallest absolute Gasteiger partial charge is 0.239 e. The molecule has 0 bridgehead atoms. The van der Waals surface area contributed by atoms with E-state index in [1.165, 1.54) is 52.7 Å². The Labute approximate surface area is 154 Å². The highest BCUT2D eigenvalue weighted by Gasteiger charge is 2.29. The molecule has 1 heterocycles. The number of ether oxygens (including phenoxy) is 4. The van der Waals surface area contributed by atoms with Crippen molar-refractivity contribution >= 4 is 11.0 Å². The molecule has 0 saturated heterocycles. The molecule has 3 rings (SSSR count). The Morgan fingerprint density at radius 2 is 1.30 bits per heavy atom. The number of phenolic OH excluding ortho intramolecular Hbond substituents is 1. The van der Waals surface area contributed by atoms with Gasteiger partial charge in [0, 0.05) is 5.56 Å². The molecule has 0 fully saturated rings. The van der Waals surface area contributed by atoms with Crippen LogP contribution in [0.5, 0.6) is 34.5 Å². The topological polar surface area (TPSA) is 108 Å². The Hall–Kier alpha value is -3.55. The molecule has 8 nitrogen and oxygen atoms in total. The molecule has 1 aromatic heterocycles. The van der Waals surface area contributed by atoms with Crippen molar-refractivity contribution in [2.24, 2.45) is 0 Å². The van der Waals surface area contributed by atoms with Gasteiger partial charge in [0.25, 0.3) is 0 Å². The molecule has 0 aliphatic heterocycles. The van der Waals surface area contributed by atoms with Crippen LogP contribution in [-0.4, -0.2) is 38.7 Å². The number of aromatic hydroxyl groups is 2. The van der Waals surface area contributed by atoms with E-state index in [-0.39, 0.29) is 45.5 Å². The molecule has 142 valence electrons.